The number of carbonyl (C=O) groups excluding carboxylic acids is 1. The van der Waals surface area contributed by atoms with Crippen LogP contribution in [-0.2, 0) is 4.79 Å². The van der Waals surface area contributed by atoms with E-state index in [1.165, 1.54) is 19.2 Å². The minimum absolute atomic E-state index is 0.247. The van der Waals surface area contributed by atoms with E-state index in [-0.39, 0.29) is 5.69 Å². The molecule has 0 spiro atoms. The molecule has 0 bridgehead atoms. The largest absolute Gasteiger partial charge is 0.324 e. The Balaban J connectivity index is 2.71. The molecule has 0 aliphatic rings. The SMILES string of the molecule is CCC(F)(F)C(=O)Nc1ccc(Br)nc1. The van der Waals surface area contributed by atoms with E-state index in [1.807, 2.05) is 0 Å². The quantitative estimate of drug-likeness (QED) is 0.864. The van der Waals surface area contributed by atoms with Crippen LogP contribution >= 0.6 is 15.9 Å². The topological polar surface area (TPSA) is 42.0 Å². The zero-order valence-corrected chi connectivity index (χ0v) is 9.51. The molecular formula is C9H9BrF2N2O. The Hall–Kier alpha value is -1.04. The minimum Gasteiger partial charge on any atom is -0.319 e. The van der Waals surface area contributed by atoms with E-state index in [9.17, 15) is 13.6 Å². The minimum atomic E-state index is -3.34. The van der Waals surface area contributed by atoms with Crippen LogP contribution in [0.5, 0.6) is 0 Å². The molecule has 1 N–H and O–H groups in total. The Bertz CT molecular complexity index is 354. The smallest absolute Gasteiger partial charge is 0.319 e. The van der Waals surface area contributed by atoms with Crippen molar-refractivity contribution < 1.29 is 13.6 Å². The van der Waals surface area contributed by atoms with E-state index in [2.05, 4.69) is 26.2 Å². The van der Waals surface area contributed by atoms with Crippen LogP contribution in [0.1, 0.15) is 13.3 Å². The lowest BCUT2D eigenvalue weighted by Gasteiger charge is -2.13. The molecule has 0 aliphatic carbocycles. The predicted molar refractivity (Wildman–Crippen MR) is 55.8 cm³/mol. The van der Waals surface area contributed by atoms with Crippen LogP contribution in [0, 0.1) is 0 Å². The fourth-order valence-corrected chi connectivity index (χ4v) is 1.07. The lowest BCUT2D eigenvalue weighted by molar-refractivity contribution is -0.139. The zero-order valence-electron chi connectivity index (χ0n) is 7.93. The molecule has 1 amide bonds. The number of hydrogen-bond donors (Lipinski definition) is 1. The van der Waals surface area contributed by atoms with E-state index >= 15 is 0 Å². The van der Waals surface area contributed by atoms with Gasteiger partial charge in [0.2, 0.25) is 0 Å². The highest BCUT2D eigenvalue weighted by atomic mass is 79.9. The number of halogens is 3. The van der Waals surface area contributed by atoms with Crippen LogP contribution in [-0.4, -0.2) is 16.8 Å². The number of amides is 1. The maximum atomic E-state index is 12.9. The molecule has 0 saturated heterocycles. The first kappa shape index (κ1) is 12.0. The van der Waals surface area contributed by atoms with Gasteiger partial charge in [-0.1, -0.05) is 6.92 Å². The van der Waals surface area contributed by atoms with E-state index in [0.29, 0.717) is 4.60 Å². The van der Waals surface area contributed by atoms with Crippen molar-refractivity contribution in [1.29, 1.82) is 0 Å². The van der Waals surface area contributed by atoms with E-state index in [4.69, 9.17) is 0 Å². The lowest BCUT2D eigenvalue weighted by atomic mass is 10.2. The standard InChI is InChI=1S/C9H9BrF2N2O/c1-2-9(11,12)8(15)14-6-3-4-7(10)13-5-6/h3-5H,2H2,1H3,(H,14,15). The maximum Gasteiger partial charge on any atom is 0.324 e. The molecule has 0 atom stereocenters. The van der Waals surface area contributed by atoms with Crippen molar-refractivity contribution in [2.45, 2.75) is 19.3 Å². The average molecular weight is 279 g/mol. The lowest BCUT2D eigenvalue weighted by Crippen LogP contribution is -2.33. The molecule has 15 heavy (non-hydrogen) atoms. The molecule has 0 saturated carbocycles. The van der Waals surface area contributed by atoms with Crippen molar-refractivity contribution in [2.24, 2.45) is 0 Å². The Kier molecular flexibility index (Phi) is 3.73. The predicted octanol–water partition coefficient (Wildman–Crippen LogP) is 2.83. The van der Waals surface area contributed by atoms with Gasteiger partial charge in [-0.25, -0.2) is 4.98 Å². The number of anilines is 1. The van der Waals surface area contributed by atoms with Crippen LogP contribution in [0.3, 0.4) is 0 Å². The van der Waals surface area contributed by atoms with Gasteiger partial charge in [-0.05, 0) is 28.1 Å². The molecule has 82 valence electrons. The molecule has 1 heterocycles. The van der Waals surface area contributed by atoms with Crippen LogP contribution in [0.4, 0.5) is 14.5 Å². The number of nitrogens with one attached hydrogen (secondary N) is 1. The summed E-state index contributed by atoms with van der Waals surface area (Å²) >= 11 is 3.09. The number of alkyl halides is 2. The second-order valence-electron chi connectivity index (χ2n) is 2.88. The van der Waals surface area contributed by atoms with Crippen LogP contribution in [0.2, 0.25) is 0 Å². The Morgan fingerprint density at radius 3 is 2.73 bits per heavy atom. The molecule has 0 unspecified atom stereocenters. The van der Waals surface area contributed by atoms with Gasteiger partial charge in [0, 0.05) is 6.42 Å². The maximum absolute atomic E-state index is 12.9. The van der Waals surface area contributed by atoms with Gasteiger partial charge < -0.3 is 5.32 Å². The van der Waals surface area contributed by atoms with Gasteiger partial charge in [0.15, 0.2) is 0 Å². The third-order valence-corrected chi connectivity index (χ3v) is 2.23. The zero-order chi connectivity index (χ0) is 11.5. The molecule has 0 fully saturated rings. The highest BCUT2D eigenvalue weighted by Gasteiger charge is 2.36. The summed E-state index contributed by atoms with van der Waals surface area (Å²) in [6.45, 7) is 1.25. The number of nitrogens with zero attached hydrogens (tertiary/aromatic N) is 1. The first-order valence-electron chi connectivity index (χ1n) is 4.26. The van der Waals surface area contributed by atoms with Gasteiger partial charge >= 0.3 is 5.92 Å². The first-order valence-corrected chi connectivity index (χ1v) is 5.06. The summed E-state index contributed by atoms with van der Waals surface area (Å²) in [7, 11) is 0. The third kappa shape index (κ3) is 3.23. The molecule has 3 nitrogen and oxygen atoms in total. The van der Waals surface area contributed by atoms with Crippen molar-refractivity contribution in [3.63, 3.8) is 0 Å². The number of rotatable bonds is 3. The van der Waals surface area contributed by atoms with Crippen LogP contribution in [0.25, 0.3) is 0 Å². The monoisotopic (exact) mass is 278 g/mol. The van der Waals surface area contributed by atoms with Crippen molar-refractivity contribution in [1.82, 2.24) is 4.98 Å². The highest BCUT2D eigenvalue weighted by molar-refractivity contribution is 9.10. The van der Waals surface area contributed by atoms with Crippen LogP contribution < -0.4 is 5.32 Å². The number of aromatic nitrogens is 1. The number of hydrogen-bond acceptors (Lipinski definition) is 2. The molecular weight excluding hydrogens is 270 g/mol. The molecule has 0 aromatic carbocycles. The van der Waals surface area contributed by atoms with Gasteiger partial charge in [0.05, 0.1) is 11.9 Å². The second-order valence-corrected chi connectivity index (χ2v) is 3.69. The summed E-state index contributed by atoms with van der Waals surface area (Å²) in [5, 5.41) is 2.09. The molecule has 1 rings (SSSR count). The number of carbonyl (C=O) groups is 1. The summed E-state index contributed by atoms with van der Waals surface area (Å²) in [6.07, 6.45) is 0.774. The molecule has 0 aliphatic heterocycles. The van der Waals surface area contributed by atoms with E-state index in [0.717, 1.165) is 0 Å². The van der Waals surface area contributed by atoms with Crippen molar-refractivity contribution >= 4 is 27.5 Å². The number of pyridine rings is 1. The van der Waals surface area contributed by atoms with Gasteiger partial charge in [-0.2, -0.15) is 8.78 Å². The van der Waals surface area contributed by atoms with E-state index in [1.54, 1.807) is 6.07 Å². The fraction of sp³-hybridized carbons (Fsp3) is 0.333. The Labute approximate surface area is 94.0 Å². The van der Waals surface area contributed by atoms with Crippen molar-refractivity contribution in [3.05, 3.63) is 22.9 Å². The second kappa shape index (κ2) is 4.65. The summed E-state index contributed by atoms with van der Waals surface area (Å²) in [5.74, 6) is -4.65. The normalized spacial score (nSPS) is 11.2. The van der Waals surface area contributed by atoms with Gasteiger partial charge in [-0.15, -0.1) is 0 Å². The van der Waals surface area contributed by atoms with Gasteiger partial charge in [0.1, 0.15) is 4.60 Å². The Morgan fingerprint density at radius 1 is 1.60 bits per heavy atom. The first-order chi connectivity index (χ1) is 6.95. The molecule has 0 radical (unpaired) electrons. The Morgan fingerprint density at radius 2 is 2.27 bits per heavy atom. The fourth-order valence-electron chi connectivity index (χ4n) is 0.833. The van der Waals surface area contributed by atoms with E-state index < -0.39 is 18.3 Å². The average Bonchev–Trinajstić information content (AvgIpc) is 2.21. The van der Waals surface area contributed by atoms with Crippen molar-refractivity contribution in [2.75, 3.05) is 5.32 Å². The highest BCUT2D eigenvalue weighted by Crippen LogP contribution is 2.20. The summed E-state index contributed by atoms with van der Waals surface area (Å²) in [5.41, 5.74) is 0.247. The summed E-state index contributed by atoms with van der Waals surface area (Å²) < 4.78 is 26.3. The van der Waals surface area contributed by atoms with Gasteiger partial charge in [0.25, 0.3) is 5.91 Å². The van der Waals surface area contributed by atoms with Crippen molar-refractivity contribution in [3.8, 4) is 0 Å². The molecule has 6 heteroatoms. The van der Waals surface area contributed by atoms with Crippen LogP contribution in [0.15, 0.2) is 22.9 Å². The molecule has 1 aromatic heterocycles. The summed E-state index contributed by atoms with van der Waals surface area (Å²) in [4.78, 5) is 14.8. The summed E-state index contributed by atoms with van der Waals surface area (Å²) in [6, 6.07) is 3.04. The van der Waals surface area contributed by atoms with Gasteiger partial charge in [-0.3, -0.25) is 4.79 Å². The molecule has 1 aromatic rings. The third-order valence-electron chi connectivity index (χ3n) is 1.76.